The summed E-state index contributed by atoms with van der Waals surface area (Å²) in [6, 6.07) is 5.13. The number of nitrogens with zero attached hydrogens (tertiary/aromatic N) is 1. The summed E-state index contributed by atoms with van der Waals surface area (Å²) in [6.45, 7) is 6.00. The van der Waals surface area contributed by atoms with Crippen LogP contribution in [0.3, 0.4) is 0 Å². The lowest BCUT2D eigenvalue weighted by Gasteiger charge is -2.40. The van der Waals surface area contributed by atoms with Gasteiger partial charge in [0.25, 0.3) is 0 Å². The zero-order valence-electron chi connectivity index (χ0n) is 13.3. The number of fused-ring (bicyclic) bond motifs is 1. The van der Waals surface area contributed by atoms with Gasteiger partial charge in [0.2, 0.25) is 0 Å². The molecule has 1 aromatic carbocycles. The number of phenolic OH excluding ortho intramolecular Hbond substituents is 1. The number of aliphatic hydroxyl groups is 1. The minimum atomic E-state index is -0.717. The van der Waals surface area contributed by atoms with Gasteiger partial charge in [-0.05, 0) is 33.3 Å². The third-order valence-electron chi connectivity index (χ3n) is 4.14. The molecule has 2 N–H and O–H groups in total. The number of benzene rings is 1. The van der Waals surface area contributed by atoms with E-state index in [0.29, 0.717) is 6.42 Å². The molecule has 1 unspecified atom stereocenters. The average Bonchev–Trinajstić information content (AvgIpc) is 2.44. The SMILES string of the molecule is COC1(C)C(CC=C(C)C)=C(O)N(C)c2cc(O)ccc21. The second-order valence-corrected chi connectivity index (χ2v) is 5.79. The molecule has 0 fully saturated rings. The molecule has 0 spiro atoms. The summed E-state index contributed by atoms with van der Waals surface area (Å²) in [7, 11) is 3.42. The maximum atomic E-state index is 10.6. The minimum Gasteiger partial charge on any atom is -0.508 e. The van der Waals surface area contributed by atoms with E-state index < -0.39 is 5.60 Å². The zero-order chi connectivity index (χ0) is 15.8. The van der Waals surface area contributed by atoms with E-state index in [4.69, 9.17) is 4.74 Å². The zero-order valence-corrected chi connectivity index (χ0v) is 13.3. The number of phenols is 1. The third kappa shape index (κ3) is 2.51. The molecule has 21 heavy (non-hydrogen) atoms. The Morgan fingerprint density at radius 1 is 1.33 bits per heavy atom. The molecule has 0 aliphatic carbocycles. The molecule has 0 bridgehead atoms. The Morgan fingerprint density at radius 3 is 2.57 bits per heavy atom. The Balaban J connectivity index is 2.63. The van der Waals surface area contributed by atoms with Gasteiger partial charge in [-0.2, -0.15) is 0 Å². The van der Waals surface area contributed by atoms with Crippen LogP contribution in [0, 0.1) is 0 Å². The standard InChI is InChI=1S/C17H23NO3/c1-11(2)6-8-14-16(20)18(4)15-10-12(19)7-9-13(15)17(14,3)21-5/h6-7,9-10,19-20H,8H2,1-5H3. The molecule has 4 heteroatoms. The summed E-state index contributed by atoms with van der Waals surface area (Å²) in [6.07, 6.45) is 2.69. The Morgan fingerprint density at radius 2 is 2.00 bits per heavy atom. The van der Waals surface area contributed by atoms with Crippen molar-refractivity contribution >= 4 is 5.69 Å². The molecule has 2 rings (SSSR count). The summed E-state index contributed by atoms with van der Waals surface area (Å²) in [4.78, 5) is 1.68. The molecular weight excluding hydrogens is 266 g/mol. The predicted molar refractivity (Wildman–Crippen MR) is 84.6 cm³/mol. The molecule has 0 radical (unpaired) electrons. The van der Waals surface area contributed by atoms with Crippen molar-refractivity contribution in [2.24, 2.45) is 0 Å². The van der Waals surface area contributed by atoms with E-state index >= 15 is 0 Å². The number of rotatable bonds is 3. The first-order valence-corrected chi connectivity index (χ1v) is 6.99. The molecule has 1 aliphatic heterocycles. The number of hydrogen-bond acceptors (Lipinski definition) is 4. The normalized spacial score (nSPS) is 21.3. The molecular formula is C17H23NO3. The second kappa shape index (κ2) is 5.45. The largest absolute Gasteiger partial charge is 0.508 e. The van der Waals surface area contributed by atoms with Crippen LogP contribution in [0.4, 0.5) is 5.69 Å². The topological polar surface area (TPSA) is 52.9 Å². The number of anilines is 1. The van der Waals surface area contributed by atoms with Crippen molar-refractivity contribution in [3.63, 3.8) is 0 Å². The van der Waals surface area contributed by atoms with Crippen LogP contribution in [0.1, 0.15) is 32.8 Å². The second-order valence-electron chi connectivity index (χ2n) is 5.79. The fraction of sp³-hybridized carbons (Fsp3) is 0.412. The van der Waals surface area contributed by atoms with E-state index in [-0.39, 0.29) is 11.6 Å². The summed E-state index contributed by atoms with van der Waals surface area (Å²) >= 11 is 0. The average molecular weight is 289 g/mol. The highest BCUT2D eigenvalue weighted by molar-refractivity contribution is 5.67. The molecule has 0 saturated carbocycles. The molecule has 114 valence electrons. The van der Waals surface area contributed by atoms with Gasteiger partial charge in [-0.25, -0.2) is 0 Å². The Labute approximate surface area is 126 Å². The summed E-state index contributed by atoms with van der Waals surface area (Å²) < 4.78 is 5.75. The van der Waals surface area contributed by atoms with E-state index in [9.17, 15) is 10.2 Å². The molecule has 0 amide bonds. The maximum Gasteiger partial charge on any atom is 0.193 e. The number of aromatic hydroxyl groups is 1. The maximum absolute atomic E-state index is 10.6. The number of allylic oxidation sites excluding steroid dienone is 2. The van der Waals surface area contributed by atoms with Crippen molar-refractivity contribution in [1.82, 2.24) is 0 Å². The lowest BCUT2D eigenvalue weighted by atomic mass is 9.81. The Kier molecular flexibility index (Phi) is 4.01. The van der Waals surface area contributed by atoms with Crippen molar-refractivity contribution < 1.29 is 14.9 Å². The van der Waals surface area contributed by atoms with Gasteiger partial charge in [0.15, 0.2) is 5.88 Å². The quantitative estimate of drug-likeness (QED) is 0.830. The number of ether oxygens (including phenoxy) is 1. The van der Waals surface area contributed by atoms with Crippen LogP contribution in [-0.2, 0) is 10.3 Å². The summed E-state index contributed by atoms with van der Waals surface area (Å²) in [5.74, 6) is 0.342. The van der Waals surface area contributed by atoms with Gasteiger partial charge >= 0.3 is 0 Å². The smallest absolute Gasteiger partial charge is 0.193 e. The van der Waals surface area contributed by atoms with Gasteiger partial charge in [-0.1, -0.05) is 17.7 Å². The van der Waals surface area contributed by atoms with Crippen LogP contribution in [0.2, 0.25) is 0 Å². The third-order valence-corrected chi connectivity index (χ3v) is 4.14. The first-order valence-electron chi connectivity index (χ1n) is 6.99. The summed E-state index contributed by atoms with van der Waals surface area (Å²) in [5, 5.41) is 20.3. The summed E-state index contributed by atoms with van der Waals surface area (Å²) in [5.41, 5.74) is 2.96. The van der Waals surface area contributed by atoms with Gasteiger partial charge in [-0.15, -0.1) is 0 Å². The van der Waals surface area contributed by atoms with Crippen LogP contribution in [0.5, 0.6) is 5.75 Å². The molecule has 1 heterocycles. The van der Waals surface area contributed by atoms with Crippen LogP contribution in [0.15, 0.2) is 41.3 Å². The van der Waals surface area contributed by atoms with Crippen LogP contribution in [-0.4, -0.2) is 24.4 Å². The van der Waals surface area contributed by atoms with Crippen LogP contribution in [0.25, 0.3) is 0 Å². The molecule has 4 nitrogen and oxygen atoms in total. The highest BCUT2D eigenvalue weighted by Gasteiger charge is 2.40. The first-order chi connectivity index (χ1) is 9.81. The van der Waals surface area contributed by atoms with E-state index in [2.05, 4.69) is 6.08 Å². The molecule has 0 saturated heterocycles. The van der Waals surface area contributed by atoms with E-state index in [0.717, 1.165) is 16.8 Å². The van der Waals surface area contributed by atoms with E-state index in [1.807, 2.05) is 26.8 Å². The number of aliphatic hydroxyl groups excluding tert-OH is 1. The Hall–Kier alpha value is -1.94. The van der Waals surface area contributed by atoms with Gasteiger partial charge in [0, 0.05) is 31.4 Å². The first kappa shape index (κ1) is 15.4. The fourth-order valence-electron chi connectivity index (χ4n) is 2.72. The molecule has 0 aromatic heterocycles. The number of methoxy groups -OCH3 is 1. The lowest BCUT2D eigenvalue weighted by Crippen LogP contribution is -2.38. The molecule has 1 atom stereocenters. The van der Waals surface area contributed by atoms with Gasteiger partial charge < -0.3 is 19.8 Å². The lowest BCUT2D eigenvalue weighted by molar-refractivity contribution is 0.0275. The molecule has 1 aliphatic rings. The highest BCUT2D eigenvalue weighted by Crippen LogP contribution is 2.47. The highest BCUT2D eigenvalue weighted by atomic mass is 16.5. The van der Waals surface area contributed by atoms with Crippen molar-refractivity contribution in [1.29, 1.82) is 0 Å². The number of hydrogen-bond donors (Lipinski definition) is 2. The van der Waals surface area contributed by atoms with E-state index in [1.54, 1.807) is 31.2 Å². The van der Waals surface area contributed by atoms with Crippen molar-refractivity contribution in [3.05, 3.63) is 46.9 Å². The van der Waals surface area contributed by atoms with Crippen molar-refractivity contribution in [3.8, 4) is 5.75 Å². The van der Waals surface area contributed by atoms with Gasteiger partial charge in [0.1, 0.15) is 11.4 Å². The molecule has 1 aromatic rings. The monoisotopic (exact) mass is 289 g/mol. The van der Waals surface area contributed by atoms with Crippen molar-refractivity contribution in [2.75, 3.05) is 19.1 Å². The van der Waals surface area contributed by atoms with Gasteiger partial charge in [0.05, 0.1) is 5.69 Å². The minimum absolute atomic E-state index is 0.166. The van der Waals surface area contributed by atoms with E-state index in [1.165, 1.54) is 5.57 Å². The van der Waals surface area contributed by atoms with Crippen molar-refractivity contribution in [2.45, 2.75) is 32.8 Å². The van der Waals surface area contributed by atoms with Crippen LogP contribution < -0.4 is 4.90 Å². The van der Waals surface area contributed by atoms with Gasteiger partial charge in [-0.3, -0.25) is 0 Å². The fourth-order valence-corrected chi connectivity index (χ4v) is 2.72. The van der Waals surface area contributed by atoms with Crippen LogP contribution >= 0.6 is 0 Å². The Bertz CT molecular complexity index is 614. The predicted octanol–water partition coefficient (Wildman–Crippen LogP) is 3.83.